The summed E-state index contributed by atoms with van der Waals surface area (Å²) in [6, 6.07) is 0.579. The minimum Gasteiger partial charge on any atom is -0.330 e. The van der Waals surface area contributed by atoms with Crippen LogP contribution < -0.4 is 5.73 Å². The van der Waals surface area contributed by atoms with Gasteiger partial charge in [-0.15, -0.1) is 0 Å². The molecule has 0 bridgehead atoms. The lowest BCUT2D eigenvalue weighted by atomic mass is 10.0. The van der Waals surface area contributed by atoms with Gasteiger partial charge in [-0.1, -0.05) is 6.92 Å². The predicted molar refractivity (Wildman–Crippen MR) is 65.5 cm³/mol. The molecule has 1 aromatic heterocycles. The van der Waals surface area contributed by atoms with Gasteiger partial charge in [0.25, 0.3) is 0 Å². The van der Waals surface area contributed by atoms with Crippen molar-refractivity contribution in [3.05, 3.63) is 18.0 Å². The molecule has 90 valence electrons. The van der Waals surface area contributed by atoms with E-state index in [0.717, 1.165) is 0 Å². The summed E-state index contributed by atoms with van der Waals surface area (Å²) in [5.74, 6) is 0.417. The van der Waals surface area contributed by atoms with Crippen molar-refractivity contribution in [2.45, 2.75) is 31.7 Å². The summed E-state index contributed by atoms with van der Waals surface area (Å²) >= 11 is 0. The Morgan fingerprint density at radius 2 is 2.19 bits per heavy atom. The lowest BCUT2D eigenvalue weighted by Crippen LogP contribution is -2.31. The smallest absolute Gasteiger partial charge is 0.0543 e. The van der Waals surface area contributed by atoms with Gasteiger partial charge in [-0.2, -0.15) is 5.10 Å². The van der Waals surface area contributed by atoms with Crippen LogP contribution in [-0.4, -0.2) is 41.4 Å². The number of hydrogen-bond donors (Lipinski definition) is 1. The lowest BCUT2D eigenvalue weighted by molar-refractivity contribution is 0.212. The van der Waals surface area contributed by atoms with E-state index in [1.807, 2.05) is 6.20 Å². The van der Waals surface area contributed by atoms with Crippen molar-refractivity contribution in [2.24, 2.45) is 5.73 Å². The maximum atomic E-state index is 5.67. The van der Waals surface area contributed by atoms with E-state index >= 15 is 0 Å². The van der Waals surface area contributed by atoms with E-state index in [9.17, 15) is 0 Å². The molecule has 0 spiro atoms. The van der Waals surface area contributed by atoms with Crippen molar-refractivity contribution in [1.82, 2.24) is 14.7 Å². The van der Waals surface area contributed by atoms with Crippen LogP contribution in [0.2, 0.25) is 0 Å². The first-order valence-electron chi connectivity index (χ1n) is 6.13. The Morgan fingerprint density at radius 1 is 1.50 bits per heavy atom. The molecule has 4 heteroatoms. The van der Waals surface area contributed by atoms with Gasteiger partial charge in [-0.25, -0.2) is 0 Å². The van der Waals surface area contributed by atoms with Gasteiger partial charge < -0.3 is 10.6 Å². The molecule has 1 aromatic rings. The van der Waals surface area contributed by atoms with Crippen molar-refractivity contribution >= 4 is 0 Å². The van der Waals surface area contributed by atoms with E-state index in [4.69, 9.17) is 5.73 Å². The van der Waals surface area contributed by atoms with E-state index < -0.39 is 0 Å². The zero-order valence-electron chi connectivity index (χ0n) is 10.3. The molecule has 4 nitrogen and oxygen atoms in total. The third kappa shape index (κ3) is 2.44. The second-order valence-corrected chi connectivity index (χ2v) is 4.92. The number of rotatable bonds is 3. The van der Waals surface area contributed by atoms with Crippen molar-refractivity contribution in [3.63, 3.8) is 0 Å². The number of hydrogen-bond acceptors (Lipinski definition) is 3. The summed E-state index contributed by atoms with van der Waals surface area (Å²) in [5, 5.41) is 4.48. The Labute approximate surface area is 97.4 Å². The summed E-state index contributed by atoms with van der Waals surface area (Å²) in [5.41, 5.74) is 6.93. The Kier molecular flexibility index (Phi) is 3.61. The highest BCUT2D eigenvalue weighted by Crippen LogP contribution is 2.22. The molecule has 1 unspecified atom stereocenters. The van der Waals surface area contributed by atoms with Crippen LogP contribution in [0, 0.1) is 0 Å². The molecule has 1 fully saturated rings. The Hall–Kier alpha value is -0.870. The number of nitrogens with two attached hydrogens (primary N) is 1. The van der Waals surface area contributed by atoms with Crippen LogP contribution in [0.15, 0.2) is 12.4 Å². The van der Waals surface area contributed by atoms with E-state index in [1.54, 1.807) is 0 Å². The SMILES string of the molecule is CC(CN)c1cnn(C2CCN(C)CC2)c1. The standard InChI is InChI=1S/C12H22N4/c1-10(7-13)11-8-14-16(9-11)12-3-5-15(2)6-4-12/h8-10,12H,3-7,13H2,1-2H3. The average Bonchev–Trinajstić information content (AvgIpc) is 2.78. The number of piperidine rings is 1. The summed E-state index contributed by atoms with van der Waals surface area (Å²) < 4.78 is 2.13. The Morgan fingerprint density at radius 3 is 2.81 bits per heavy atom. The van der Waals surface area contributed by atoms with Gasteiger partial charge in [0.15, 0.2) is 0 Å². The van der Waals surface area contributed by atoms with Crippen molar-refractivity contribution < 1.29 is 0 Å². The summed E-state index contributed by atoms with van der Waals surface area (Å²) in [6.45, 7) is 5.19. The molecule has 0 aromatic carbocycles. The van der Waals surface area contributed by atoms with Crippen molar-refractivity contribution in [2.75, 3.05) is 26.7 Å². The molecule has 2 N–H and O–H groups in total. The molecule has 1 aliphatic heterocycles. The monoisotopic (exact) mass is 222 g/mol. The molecular formula is C12H22N4. The van der Waals surface area contributed by atoms with Gasteiger partial charge in [0.2, 0.25) is 0 Å². The van der Waals surface area contributed by atoms with Crippen LogP contribution in [0.25, 0.3) is 0 Å². The highest BCUT2D eigenvalue weighted by Gasteiger charge is 2.19. The molecule has 0 amide bonds. The summed E-state index contributed by atoms with van der Waals surface area (Å²) in [6.07, 6.45) is 6.55. The van der Waals surface area contributed by atoms with Crippen molar-refractivity contribution in [1.29, 1.82) is 0 Å². The fourth-order valence-electron chi connectivity index (χ4n) is 2.20. The maximum absolute atomic E-state index is 5.67. The second kappa shape index (κ2) is 4.97. The van der Waals surface area contributed by atoms with E-state index in [2.05, 4.69) is 34.8 Å². The molecule has 1 atom stereocenters. The topological polar surface area (TPSA) is 47.1 Å². The van der Waals surface area contributed by atoms with Crippen LogP contribution in [0.3, 0.4) is 0 Å². The molecule has 2 rings (SSSR count). The largest absolute Gasteiger partial charge is 0.330 e. The lowest BCUT2D eigenvalue weighted by Gasteiger charge is -2.29. The van der Waals surface area contributed by atoms with E-state index in [-0.39, 0.29) is 0 Å². The molecular weight excluding hydrogens is 200 g/mol. The van der Waals surface area contributed by atoms with Crippen LogP contribution in [0.4, 0.5) is 0 Å². The number of nitrogens with zero attached hydrogens (tertiary/aromatic N) is 3. The zero-order valence-corrected chi connectivity index (χ0v) is 10.3. The fraction of sp³-hybridized carbons (Fsp3) is 0.750. The van der Waals surface area contributed by atoms with Gasteiger partial charge >= 0.3 is 0 Å². The molecule has 1 saturated heterocycles. The van der Waals surface area contributed by atoms with Gasteiger partial charge in [0.05, 0.1) is 12.2 Å². The first-order chi connectivity index (χ1) is 7.70. The zero-order chi connectivity index (χ0) is 11.5. The van der Waals surface area contributed by atoms with Gasteiger partial charge in [0.1, 0.15) is 0 Å². The molecule has 0 radical (unpaired) electrons. The highest BCUT2D eigenvalue weighted by atomic mass is 15.3. The van der Waals surface area contributed by atoms with E-state index in [0.29, 0.717) is 18.5 Å². The van der Waals surface area contributed by atoms with Gasteiger partial charge in [-0.3, -0.25) is 4.68 Å². The summed E-state index contributed by atoms with van der Waals surface area (Å²) in [4.78, 5) is 2.38. The number of aromatic nitrogens is 2. The predicted octanol–water partition coefficient (Wildman–Crippen LogP) is 1.21. The van der Waals surface area contributed by atoms with Crippen LogP contribution >= 0.6 is 0 Å². The van der Waals surface area contributed by atoms with Gasteiger partial charge in [-0.05, 0) is 51.0 Å². The van der Waals surface area contributed by atoms with Gasteiger partial charge in [0, 0.05) is 6.20 Å². The average molecular weight is 222 g/mol. The molecule has 0 saturated carbocycles. The minimum atomic E-state index is 0.417. The van der Waals surface area contributed by atoms with Crippen LogP contribution in [-0.2, 0) is 0 Å². The van der Waals surface area contributed by atoms with Crippen LogP contribution in [0.5, 0.6) is 0 Å². The fourth-order valence-corrected chi connectivity index (χ4v) is 2.20. The Bertz CT molecular complexity index is 326. The maximum Gasteiger partial charge on any atom is 0.0543 e. The first-order valence-corrected chi connectivity index (χ1v) is 6.13. The van der Waals surface area contributed by atoms with Crippen LogP contribution in [0.1, 0.15) is 37.3 Å². The number of likely N-dealkylation sites (tertiary alicyclic amines) is 1. The minimum absolute atomic E-state index is 0.417. The summed E-state index contributed by atoms with van der Waals surface area (Å²) in [7, 11) is 2.18. The molecule has 2 heterocycles. The van der Waals surface area contributed by atoms with E-state index in [1.165, 1.54) is 31.5 Å². The third-order valence-corrected chi connectivity index (χ3v) is 3.61. The molecule has 1 aliphatic rings. The molecule has 16 heavy (non-hydrogen) atoms. The Balaban J connectivity index is 2.01. The third-order valence-electron chi connectivity index (χ3n) is 3.61. The van der Waals surface area contributed by atoms with Crippen molar-refractivity contribution in [3.8, 4) is 0 Å². The second-order valence-electron chi connectivity index (χ2n) is 4.92. The highest BCUT2D eigenvalue weighted by molar-refractivity contribution is 5.11. The first kappa shape index (κ1) is 11.6. The molecule has 0 aliphatic carbocycles. The normalized spacial score (nSPS) is 21.2. The quantitative estimate of drug-likeness (QED) is 0.836.